The highest BCUT2D eigenvalue weighted by Crippen LogP contribution is 2.23. The quantitative estimate of drug-likeness (QED) is 0.700. The molecule has 2 rings (SSSR count). The highest BCUT2D eigenvalue weighted by Gasteiger charge is 2.18. The molecular formula is C16H12ClIO4. The average Bonchev–Trinajstić information content (AvgIpc) is 2.45. The second-order valence-electron chi connectivity index (χ2n) is 4.68. The maximum absolute atomic E-state index is 11.3. The molecule has 0 saturated carbocycles. The standard InChI is InChI=1S/C16H12ClIO4/c17-14-8-10(18)6-4-9(14)5-7-11-12(15(19)20)2-1-3-13(11)16(21)22/h1-4,6,8H,5,7H2,(H,19,20)(H,21,22). The summed E-state index contributed by atoms with van der Waals surface area (Å²) < 4.78 is 1.00. The van der Waals surface area contributed by atoms with Gasteiger partial charge in [0.25, 0.3) is 0 Å². The van der Waals surface area contributed by atoms with Gasteiger partial charge in [0.2, 0.25) is 0 Å². The van der Waals surface area contributed by atoms with Crippen molar-refractivity contribution in [1.82, 2.24) is 0 Å². The van der Waals surface area contributed by atoms with E-state index < -0.39 is 11.9 Å². The van der Waals surface area contributed by atoms with E-state index in [1.165, 1.54) is 18.2 Å². The molecule has 2 aromatic carbocycles. The Kier molecular flexibility index (Phi) is 5.42. The third-order valence-electron chi connectivity index (χ3n) is 3.30. The van der Waals surface area contributed by atoms with E-state index in [2.05, 4.69) is 22.6 Å². The predicted molar refractivity (Wildman–Crippen MR) is 91.9 cm³/mol. The summed E-state index contributed by atoms with van der Waals surface area (Å²) in [6.45, 7) is 0. The second kappa shape index (κ2) is 7.11. The number of aryl methyl sites for hydroxylation is 1. The minimum Gasteiger partial charge on any atom is -0.478 e. The summed E-state index contributed by atoms with van der Waals surface area (Å²) in [5.41, 5.74) is 1.21. The maximum Gasteiger partial charge on any atom is 0.335 e. The van der Waals surface area contributed by atoms with Crippen LogP contribution in [0.2, 0.25) is 5.02 Å². The van der Waals surface area contributed by atoms with Crippen LogP contribution < -0.4 is 0 Å². The molecule has 0 spiro atoms. The van der Waals surface area contributed by atoms with E-state index in [0.717, 1.165) is 9.13 Å². The lowest BCUT2D eigenvalue weighted by atomic mass is 9.95. The van der Waals surface area contributed by atoms with Crippen LogP contribution in [0.25, 0.3) is 0 Å². The van der Waals surface area contributed by atoms with Crippen molar-refractivity contribution in [1.29, 1.82) is 0 Å². The molecule has 0 bridgehead atoms. The van der Waals surface area contributed by atoms with Crippen molar-refractivity contribution in [3.63, 3.8) is 0 Å². The van der Waals surface area contributed by atoms with Crippen LogP contribution in [0.15, 0.2) is 36.4 Å². The zero-order chi connectivity index (χ0) is 16.3. The second-order valence-corrected chi connectivity index (χ2v) is 6.33. The number of carboxylic acid groups (broad SMARTS) is 2. The summed E-state index contributed by atoms with van der Waals surface area (Å²) in [6.07, 6.45) is 0.769. The molecule has 0 amide bonds. The summed E-state index contributed by atoms with van der Waals surface area (Å²) in [7, 11) is 0. The number of aromatic carboxylic acids is 2. The van der Waals surface area contributed by atoms with Crippen LogP contribution in [-0.4, -0.2) is 22.2 Å². The van der Waals surface area contributed by atoms with E-state index in [0.29, 0.717) is 23.4 Å². The molecule has 0 aliphatic heterocycles. The molecule has 4 nitrogen and oxygen atoms in total. The highest BCUT2D eigenvalue weighted by molar-refractivity contribution is 14.1. The lowest BCUT2D eigenvalue weighted by molar-refractivity contribution is 0.0695. The Morgan fingerprint density at radius 2 is 1.59 bits per heavy atom. The molecule has 0 radical (unpaired) electrons. The van der Waals surface area contributed by atoms with Crippen LogP contribution in [-0.2, 0) is 12.8 Å². The van der Waals surface area contributed by atoms with Gasteiger partial charge in [-0.3, -0.25) is 0 Å². The van der Waals surface area contributed by atoms with Crippen LogP contribution >= 0.6 is 34.2 Å². The van der Waals surface area contributed by atoms with Crippen molar-refractivity contribution in [2.24, 2.45) is 0 Å². The van der Waals surface area contributed by atoms with E-state index in [1.807, 2.05) is 18.2 Å². The van der Waals surface area contributed by atoms with E-state index in [1.54, 1.807) is 0 Å². The molecule has 0 heterocycles. The Balaban J connectivity index is 2.35. The fraction of sp³-hybridized carbons (Fsp3) is 0.125. The van der Waals surface area contributed by atoms with Crippen molar-refractivity contribution in [3.8, 4) is 0 Å². The van der Waals surface area contributed by atoms with Crippen molar-refractivity contribution in [2.75, 3.05) is 0 Å². The van der Waals surface area contributed by atoms with E-state index in [-0.39, 0.29) is 11.1 Å². The summed E-state index contributed by atoms with van der Waals surface area (Å²) in [5, 5.41) is 19.1. The van der Waals surface area contributed by atoms with E-state index in [9.17, 15) is 19.8 Å². The van der Waals surface area contributed by atoms with Gasteiger partial charge in [0.15, 0.2) is 0 Å². The van der Waals surface area contributed by atoms with Crippen LogP contribution in [0.3, 0.4) is 0 Å². The molecule has 0 saturated heterocycles. The molecule has 0 unspecified atom stereocenters. The minimum absolute atomic E-state index is 0.0153. The van der Waals surface area contributed by atoms with E-state index >= 15 is 0 Å². The highest BCUT2D eigenvalue weighted by atomic mass is 127. The maximum atomic E-state index is 11.3. The number of hydrogen-bond acceptors (Lipinski definition) is 2. The summed E-state index contributed by atoms with van der Waals surface area (Å²) >= 11 is 8.31. The first kappa shape index (κ1) is 16.8. The van der Waals surface area contributed by atoms with Crippen molar-refractivity contribution >= 4 is 46.1 Å². The average molecular weight is 431 g/mol. The lowest BCUT2D eigenvalue weighted by Gasteiger charge is -2.11. The van der Waals surface area contributed by atoms with Gasteiger partial charge in [0.05, 0.1) is 11.1 Å². The third kappa shape index (κ3) is 3.78. The molecule has 0 aromatic heterocycles. The molecule has 22 heavy (non-hydrogen) atoms. The Bertz CT molecular complexity index is 711. The van der Waals surface area contributed by atoms with Gasteiger partial charge < -0.3 is 10.2 Å². The van der Waals surface area contributed by atoms with Crippen LogP contribution in [0.5, 0.6) is 0 Å². The van der Waals surface area contributed by atoms with Gasteiger partial charge in [0.1, 0.15) is 0 Å². The van der Waals surface area contributed by atoms with Crippen LogP contribution in [0, 0.1) is 3.57 Å². The number of hydrogen-bond donors (Lipinski definition) is 2. The normalized spacial score (nSPS) is 10.5. The van der Waals surface area contributed by atoms with Crippen molar-refractivity contribution in [3.05, 3.63) is 67.2 Å². The Morgan fingerprint density at radius 1 is 1.00 bits per heavy atom. The monoisotopic (exact) mass is 430 g/mol. The Hall–Kier alpha value is -1.60. The fourth-order valence-electron chi connectivity index (χ4n) is 2.24. The third-order valence-corrected chi connectivity index (χ3v) is 4.32. The van der Waals surface area contributed by atoms with E-state index in [4.69, 9.17) is 11.6 Å². The largest absolute Gasteiger partial charge is 0.478 e. The molecule has 6 heteroatoms. The molecular weight excluding hydrogens is 419 g/mol. The molecule has 2 N–H and O–H groups in total. The first-order chi connectivity index (χ1) is 10.4. The molecule has 0 fully saturated rings. The molecule has 114 valence electrons. The van der Waals surface area contributed by atoms with Crippen molar-refractivity contribution < 1.29 is 19.8 Å². The van der Waals surface area contributed by atoms with Gasteiger partial charge in [-0.1, -0.05) is 23.7 Å². The smallest absolute Gasteiger partial charge is 0.335 e. The van der Waals surface area contributed by atoms with Crippen LogP contribution in [0.4, 0.5) is 0 Å². The zero-order valence-corrected chi connectivity index (χ0v) is 14.3. The topological polar surface area (TPSA) is 74.6 Å². The summed E-state index contributed by atoms with van der Waals surface area (Å²) in [6, 6.07) is 9.86. The molecule has 0 atom stereocenters. The summed E-state index contributed by atoms with van der Waals surface area (Å²) in [4.78, 5) is 22.6. The molecule has 0 aliphatic rings. The SMILES string of the molecule is O=C(O)c1cccc(C(=O)O)c1CCc1ccc(I)cc1Cl. The van der Waals surface area contributed by atoms with Gasteiger partial charge in [-0.25, -0.2) is 9.59 Å². The molecule has 2 aromatic rings. The number of halogens is 2. The van der Waals surface area contributed by atoms with Crippen LogP contribution in [0.1, 0.15) is 31.8 Å². The number of benzene rings is 2. The predicted octanol–water partition coefficient (Wildman–Crippen LogP) is 4.13. The first-order valence-electron chi connectivity index (χ1n) is 6.42. The summed E-state index contributed by atoms with van der Waals surface area (Å²) in [5.74, 6) is -2.27. The zero-order valence-electron chi connectivity index (χ0n) is 11.3. The van der Waals surface area contributed by atoms with Gasteiger partial charge in [-0.05, 0) is 70.8 Å². The van der Waals surface area contributed by atoms with Gasteiger partial charge in [-0.15, -0.1) is 0 Å². The first-order valence-corrected chi connectivity index (χ1v) is 7.88. The van der Waals surface area contributed by atoms with Crippen molar-refractivity contribution in [2.45, 2.75) is 12.8 Å². The van der Waals surface area contributed by atoms with Gasteiger partial charge in [-0.2, -0.15) is 0 Å². The lowest BCUT2D eigenvalue weighted by Crippen LogP contribution is -2.11. The number of rotatable bonds is 5. The Morgan fingerprint density at radius 3 is 2.09 bits per heavy atom. The molecule has 0 aliphatic carbocycles. The Labute approximate surface area is 145 Å². The van der Waals surface area contributed by atoms with Gasteiger partial charge >= 0.3 is 11.9 Å². The van der Waals surface area contributed by atoms with Gasteiger partial charge in [0, 0.05) is 8.59 Å². The number of carboxylic acids is 2. The number of carbonyl (C=O) groups is 2. The fourth-order valence-corrected chi connectivity index (χ4v) is 3.19. The minimum atomic E-state index is -1.13.